The molecule has 2 aromatic heterocycles. The number of hydrogen-bond donors (Lipinski definition) is 1. The summed E-state index contributed by atoms with van der Waals surface area (Å²) in [7, 11) is 0. The summed E-state index contributed by atoms with van der Waals surface area (Å²) in [5, 5.41) is 4.81. The van der Waals surface area contributed by atoms with Crippen molar-refractivity contribution in [1.82, 2.24) is 19.9 Å². The Kier molecular flexibility index (Phi) is 4.70. The number of nitrogens with one attached hydrogen (secondary N) is 1. The fraction of sp³-hybridized carbons (Fsp3) is 0.625. The molecule has 5 heteroatoms. The third-order valence-corrected chi connectivity index (χ3v) is 5.22. The topological polar surface area (TPSA) is 42.7 Å². The van der Waals surface area contributed by atoms with Gasteiger partial charge >= 0.3 is 0 Å². The lowest BCUT2D eigenvalue weighted by Gasteiger charge is -2.22. The van der Waals surface area contributed by atoms with Gasteiger partial charge in [0.05, 0.1) is 23.9 Å². The maximum absolute atomic E-state index is 4.91. The Morgan fingerprint density at radius 2 is 2.29 bits per heavy atom. The van der Waals surface area contributed by atoms with Crippen LogP contribution in [0.1, 0.15) is 56.1 Å². The van der Waals surface area contributed by atoms with Crippen LogP contribution in [0, 0.1) is 0 Å². The van der Waals surface area contributed by atoms with Crippen molar-refractivity contribution in [3.05, 3.63) is 23.1 Å². The molecule has 0 amide bonds. The van der Waals surface area contributed by atoms with E-state index in [1.54, 1.807) is 0 Å². The van der Waals surface area contributed by atoms with E-state index in [0.29, 0.717) is 6.04 Å². The molecule has 1 aliphatic carbocycles. The summed E-state index contributed by atoms with van der Waals surface area (Å²) in [5.41, 5.74) is 2.48. The predicted molar refractivity (Wildman–Crippen MR) is 87.6 cm³/mol. The van der Waals surface area contributed by atoms with E-state index in [9.17, 15) is 0 Å². The van der Waals surface area contributed by atoms with E-state index in [2.05, 4.69) is 28.7 Å². The van der Waals surface area contributed by atoms with E-state index >= 15 is 0 Å². The normalized spacial score (nSPS) is 17.9. The molecule has 1 aliphatic rings. The quantitative estimate of drug-likeness (QED) is 0.883. The van der Waals surface area contributed by atoms with E-state index in [1.807, 2.05) is 23.9 Å². The summed E-state index contributed by atoms with van der Waals surface area (Å²) in [5.74, 6) is 0. The molecule has 0 radical (unpaired) electrons. The number of aromatic nitrogens is 3. The molecule has 4 nitrogen and oxygen atoms in total. The highest BCUT2D eigenvalue weighted by Crippen LogP contribution is 2.37. The van der Waals surface area contributed by atoms with Crippen molar-refractivity contribution in [2.24, 2.45) is 0 Å². The molecular formula is C16H24N4S. The highest BCUT2D eigenvalue weighted by Gasteiger charge is 2.25. The summed E-state index contributed by atoms with van der Waals surface area (Å²) < 4.78 is 2.22. The third kappa shape index (κ3) is 3.04. The highest BCUT2D eigenvalue weighted by atomic mass is 32.1. The summed E-state index contributed by atoms with van der Waals surface area (Å²) in [4.78, 5) is 10.7. The van der Waals surface area contributed by atoms with Crippen LogP contribution in [0.4, 0.5) is 0 Å². The summed E-state index contributed by atoms with van der Waals surface area (Å²) in [6.07, 6.45) is 9.78. The van der Waals surface area contributed by atoms with Crippen LogP contribution in [-0.2, 0) is 13.0 Å². The van der Waals surface area contributed by atoms with E-state index in [1.165, 1.54) is 35.5 Å². The van der Waals surface area contributed by atoms with Crippen molar-refractivity contribution in [1.29, 1.82) is 0 Å². The van der Waals surface area contributed by atoms with Gasteiger partial charge in [-0.3, -0.25) is 0 Å². The summed E-state index contributed by atoms with van der Waals surface area (Å²) in [6, 6.07) is 0.502. The number of hydrogen-bond acceptors (Lipinski definition) is 4. The van der Waals surface area contributed by atoms with Crippen molar-refractivity contribution in [3.8, 4) is 10.7 Å². The van der Waals surface area contributed by atoms with Crippen LogP contribution in [0.3, 0.4) is 0 Å². The van der Waals surface area contributed by atoms with Gasteiger partial charge in [-0.25, -0.2) is 9.97 Å². The van der Waals surface area contributed by atoms with Gasteiger partial charge in [-0.1, -0.05) is 13.8 Å². The Morgan fingerprint density at radius 3 is 3.10 bits per heavy atom. The molecule has 2 aromatic rings. The van der Waals surface area contributed by atoms with Gasteiger partial charge in [-0.2, -0.15) is 0 Å². The fourth-order valence-electron chi connectivity index (χ4n) is 2.96. The van der Waals surface area contributed by atoms with Crippen molar-refractivity contribution in [3.63, 3.8) is 0 Å². The van der Waals surface area contributed by atoms with Gasteiger partial charge in [0.2, 0.25) is 0 Å². The van der Waals surface area contributed by atoms with Crippen LogP contribution in [0.5, 0.6) is 0 Å². The van der Waals surface area contributed by atoms with E-state index in [-0.39, 0.29) is 0 Å². The second kappa shape index (κ2) is 6.71. The van der Waals surface area contributed by atoms with Crippen LogP contribution < -0.4 is 5.32 Å². The smallest absolute Gasteiger partial charge is 0.142 e. The monoisotopic (exact) mass is 304 g/mol. The SMILES string of the molecule is CCCNC1CCCc2nc(-c3cncn3CCC)sc21. The third-order valence-electron chi connectivity index (χ3n) is 3.99. The van der Waals surface area contributed by atoms with Gasteiger partial charge in [0, 0.05) is 17.5 Å². The molecule has 3 rings (SSSR count). The zero-order valence-corrected chi connectivity index (χ0v) is 13.7. The lowest BCUT2D eigenvalue weighted by Crippen LogP contribution is -2.24. The molecular weight excluding hydrogens is 280 g/mol. The van der Waals surface area contributed by atoms with E-state index < -0.39 is 0 Å². The van der Waals surface area contributed by atoms with Crippen LogP contribution in [0.15, 0.2) is 12.5 Å². The lowest BCUT2D eigenvalue weighted by molar-refractivity contribution is 0.465. The molecule has 0 saturated heterocycles. The first kappa shape index (κ1) is 14.7. The predicted octanol–water partition coefficient (Wildman–Crippen LogP) is 3.79. The maximum Gasteiger partial charge on any atom is 0.142 e. The van der Waals surface area contributed by atoms with Crippen LogP contribution in [0.25, 0.3) is 10.7 Å². The minimum atomic E-state index is 0.502. The zero-order chi connectivity index (χ0) is 14.7. The van der Waals surface area contributed by atoms with Crippen LogP contribution in [0.2, 0.25) is 0 Å². The van der Waals surface area contributed by atoms with Gasteiger partial charge in [0.15, 0.2) is 0 Å². The Labute approximate surface area is 130 Å². The second-order valence-corrected chi connectivity index (χ2v) is 6.73. The number of aryl methyl sites for hydroxylation is 2. The van der Waals surface area contributed by atoms with Crippen molar-refractivity contribution < 1.29 is 0 Å². The first-order valence-electron chi connectivity index (χ1n) is 8.07. The molecule has 0 bridgehead atoms. The molecule has 21 heavy (non-hydrogen) atoms. The van der Waals surface area contributed by atoms with E-state index in [4.69, 9.17) is 4.98 Å². The van der Waals surface area contributed by atoms with Crippen molar-refractivity contribution >= 4 is 11.3 Å². The lowest BCUT2D eigenvalue weighted by atomic mass is 9.98. The Hall–Kier alpha value is -1.20. The average molecular weight is 304 g/mol. The molecule has 1 atom stereocenters. The minimum absolute atomic E-state index is 0.502. The molecule has 1 N–H and O–H groups in total. The minimum Gasteiger partial charge on any atom is -0.329 e. The van der Waals surface area contributed by atoms with Crippen molar-refractivity contribution in [2.75, 3.05) is 6.54 Å². The number of rotatable bonds is 6. The molecule has 0 aliphatic heterocycles. The number of fused-ring (bicyclic) bond motifs is 1. The zero-order valence-electron chi connectivity index (χ0n) is 12.9. The molecule has 0 fully saturated rings. The fourth-order valence-corrected chi connectivity index (χ4v) is 4.21. The Morgan fingerprint density at radius 1 is 1.38 bits per heavy atom. The number of imidazole rings is 1. The average Bonchev–Trinajstić information content (AvgIpc) is 3.11. The standard InChI is InChI=1S/C16H24N4S/c1-3-8-18-12-6-5-7-13-15(12)21-16(19-13)14-10-17-11-20(14)9-4-2/h10-12,18H,3-9H2,1-2H3. The second-order valence-electron chi connectivity index (χ2n) is 5.70. The number of nitrogens with zero attached hydrogens (tertiary/aromatic N) is 3. The van der Waals surface area contributed by atoms with Gasteiger partial charge in [-0.15, -0.1) is 11.3 Å². The molecule has 1 unspecified atom stereocenters. The molecule has 2 heterocycles. The van der Waals surface area contributed by atoms with Gasteiger partial charge < -0.3 is 9.88 Å². The molecule has 114 valence electrons. The summed E-state index contributed by atoms with van der Waals surface area (Å²) in [6.45, 7) is 6.52. The maximum atomic E-state index is 4.91. The van der Waals surface area contributed by atoms with Gasteiger partial charge in [0.25, 0.3) is 0 Å². The first-order chi connectivity index (χ1) is 10.3. The Bertz CT molecular complexity index is 587. The van der Waals surface area contributed by atoms with Gasteiger partial charge in [-0.05, 0) is 38.6 Å². The largest absolute Gasteiger partial charge is 0.329 e. The van der Waals surface area contributed by atoms with E-state index in [0.717, 1.165) is 30.9 Å². The van der Waals surface area contributed by atoms with Crippen molar-refractivity contribution in [2.45, 2.75) is 58.5 Å². The Balaban J connectivity index is 1.88. The highest BCUT2D eigenvalue weighted by molar-refractivity contribution is 7.15. The number of thiazole rings is 1. The molecule has 0 saturated carbocycles. The van der Waals surface area contributed by atoms with Crippen LogP contribution >= 0.6 is 11.3 Å². The summed E-state index contributed by atoms with van der Waals surface area (Å²) >= 11 is 1.86. The van der Waals surface area contributed by atoms with Gasteiger partial charge in [0.1, 0.15) is 5.01 Å². The molecule has 0 spiro atoms. The van der Waals surface area contributed by atoms with Crippen LogP contribution in [-0.4, -0.2) is 21.1 Å². The first-order valence-corrected chi connectivity index (χ1v) is 8.88. The molecule has 0 aromatic carbocycles.